The Hall–Kier alpha value is -2.19. The third kappa shape index (κ3) is 7.23. The first-order valence-corrected chi connectivity index (χ1v) is 7.79. The van der Waals surface area contributed by atoms with Crippen LogP contribution in [0.1, 0.15) is 22.3 Å². The SMILES string of the molecule is NS(=O)(=O)CCCNC(=O)c1ccc(C=CC(=O)O)cc1. The fourth-order valence-corrected chi connectivity index (χ4v) is 2.04. The van der Waals surface area contributed by atoms with Crippen LogP contribution < -0.4 is 10.5 Å². The van der Waals surface area contributed by atoms with Crippen molar-refractivity contribution < 1.29 is 23.1 Å². The Morgan fingerprint density at radius 3 is 2.38 bits per heavy atom. The van der Waals surface area contributed by atoms with Crippen LogP contribution in [0, 0.1) is 0 Å². The summed E-state index contributed by atoms with van der Waals surface area (Å²) in [6, 6.07) is 6.32. The number of primary sulfonamides is 1. The van der Waals surface area contributed by atoms with Crippen LogP contribution in [0.2, 0.25) is 0 Å². The lowest BCUT2D eigenvalue weighted by Gasteiger charge is -2.05. The molecule has 0 aliphatic heterocycles. The smallest absolute Gasteiger partial charge is 0.328 e. The van der Waals surface area contributed by atoms with Crippen LogP contribution in [0.4, 0.5) is 0 Å². The van der Waals surface area contributed by atoms with Crippen LogP contribution in [0.3, 0.4) is 0 Å². The predicted molar refractivity (Wildman–Crippen MR) is 78.0 cm³/mol. The summed E-state index contributed by atoms with van der Waals surface area (Å²) in [7, 11) is -3.51. The standard InChI is InChI=1S/C13H16N2O5S/c14-21(19,20)9-1-8-15-13(18)11-5-2-10(3-6-11)4-7-12(16)17/h2-7H,1,8-9H2,(H,15,18)(H,16,17)(H2,14,19,20). The molecule has 0 saturated heterocycles. The molecule has 8 heteroatoms. The van der Waals surface area contributed by atoms with Gasteiger partial charge in [-0.15, -0.1) is 0 Å². The van der Waals surface area contributed by atoms with Gasteiger partial charge in [0.05, 0.1) is 5.75 Å². The minimum atomic E-state index is -3.51. The summed E-state index contributed by atoms with van der Waals surface area (Å²) in [4.78, 5) is 22.1. The highest BCUT2D eigenvalue weighted by Gasteiger charge is 2.06. The van der Waals surface area contributed by atoms with Gasteiger partial charge in [-0.1, -0.05) is 12.1 Å². The van der Waals surface area contributed by atoms with Gasteiger partial charge >= 0.3 is 5.97 Å². The molecule has 0 fully saturated rings. The molecule has 0 atom stereocenters. The van der Waals surface area contributed by atoms with Crippen LogP contribution in [0.5, 0.6) is 0 Å². The minimum Gasteiger partial charge on any atom is -0.478 e. The lowest BCUT2D eigenvalue weighted by Crippen LogP contribution is -2.27. The molecule has 1 aromatic rings. The summed E-state index contributed by atoms with van der Waals surface area (Å²) in [5, 5.41) is 15.9. The molecule has 1 rings (SSSR count). The number of carbonyl (C=O) groups excluding carboxylic acids is 1. The topological polar surface area (TPSA) is 127 Å². The highest BCUT2D eigenvalue weighted by molar-refractivity contribution is 7.89. The van der Waals surface area contributed by atoms with Crippen molar-refractivity contribution in [3.63, 3.8) is 0 Å². The van der Waals surface area contributed by atoms with E-state index in [9.17, 15) is 18.0 Å². The van der Waals surface area contributed by atoms with Crippen molar-refractivity contribution in [2.45, 2.75) is 6.42 Å². The largest absolute Gasteiger partial charge is 0.478 e. The maximum Gasteiger partial charge on any atom is 0.328 e. The molecule has 0 unspecified atom stereocenters. The van der Waals surface area contributed by atoms with Crippen molar-refractivity contribution >= 4 is 28.0 Å². The average Bonchev–Trinajstić information content (AvgIpc) is 2.40. The molecule has 0 heterocycles. The van der Waals surface area contributed by atoms with E-state index in [0.717, 1.165) is 6.08 Å². The molecule has 0 saturated carbocycles. The summed E-state index contributed by atoms with van der Waals surface area (Å²) in [6.07, 6.45) is 2.66. The number of nitrogens with one attached hydrogen (secondary N) is 1. The van der Waals surface area contributed by atoms with Crippen molar-refractivity contribution in [3.8, 4) is 0 Å². The van der Waals surface area contributed by atoms with E-state index in [1.165, 1.54) is 6.08 Å². The van der Waals surface area contributed by atoms with Gasteiger partial charge in [0.15, 0.2) is 0 Å². The Morgan fingerprint density at radius 2 is 1.86 bits per heavy atom. The first-order chi connectivity index (χ1) is 9.78. The van der Waals surface area contributed by atoms with E-state index in [1.807, 2.05) is 0 Å². The van der Waals surface area contributed by atoms with Crippen molar-refractivity contribution in [2.75, 3.05) is 12.3 Å². The van der Waals surface area contributed by atoms with Crippen molar-refractivity contribution in [3.05, 3.63) is 41.5 Å². The quantitative estimate of drug-likeness (QED) is 0.489. The molecule has 0 bridgehead atoms. The number of benzene rings is 1. The van der Waals surface area contributed by atoms with Crippen molar-refractivity contribution in [2.24, 2.45) is 5.14 Å². The highest BCUT2D eigenvalue weighted by atomic mass is 32.2. The third-order valence-corrected chi connectivity index (χ3v) is 3.34. The van der Waals surface area contributed by atoms with E-state index in [2.05, 4.69) is 5.32 Å². The van der Waals surface area contributed by atoms with Crippen LogP contribution in [0.25, 0.3) is 6.08 Å². The summed E-state index contributed by atoms with van der Waals surface area (Å²) >= 11 is 0. The number of carboxylic acid groups (broad SMARTS) is 1. The Labute approximate surface area is 122 Å². The Bertz CT molecular complexity index is 635. The molecule has 7 nitrogen and oxygen atoms in total. The molecule has 114 valence electrons. The third-order valence-electron chi connectivity index (χ3n) is 2.48. The second-order valence-corrected chi connectivity index (χ2v) is 6.00. The molecule has 0 spiro atoms. The van der Waals surface area contributed by atoms with E-state index in [-0.39, 0.29) is 24.6 Å². The molecule has 0 aliphatic rings. The molecular weight excluding hydrogens is 296 g/mol. The fraction of sp³-hybridized carbons (Fsp3) is 0.231. The minimum absolute atomic E-state index is 0.188. The summed E-state index contributed by atoms with van der Waals surface area (Å²) in [5.74, 6) is -1.57. The molecule has 1 amide bonds. The molecular formula is C13H16N2O5S. The fourth-order valence-electron chi connectivity index (χ4n) is 1.49. The summed E-state index contributed by atoms with van der Waals surface area (Å²) in [5.41, 5.74) is 1.06. The lowest BCUT2D eigenvalue weighted by molar-refractivity contribution is -0.131. The second kappa shape index (κ2) is 7.55. The second-order valence-electron chi connectivity index (χ2n) is 4.27. The normalized spacial score (nSPS) is 11.5. The van der Waals surface area contributed by atoms with E-state index < -0.39 is 16.0 Å². The number of aliphatic carboxylic acids is 1. The number of nitrogens with two attached hydrogens (primary N) is 1. The first-order valence-electron chi connectivity index (χ1n) is 6.08. The van der Waals surface area contributed by atoms with Gasteiger partial charge in [0, 0.05) is 18.2 Å². The monoisotopic (exact) mass is 312 g/mol. The van der Waals surface area contributed by atoms with Crippen LogP contribution in [-0.4, -0.2) is 37.7 Å². The van der Waals surface area contributed by atoms with Gasteiger partial charge < -0.3 is 10.4 Å². The van der Waals surface area contributed by atoms with E-state index in [4.69, 9.17) is 10.2 Å². The van der Waals surface area contributed by atoms with Crippen molar-refractivity contribution in [1.29, 1.82) is 0 Å². The van der Waals surface area contributed by atoms with Crippen LogP contribution >= 0.6 is 0 Å². The average molecular weight is 312 g/mol. The van der Waals surface area contributed by atoms with E-state index in [0.29, 0.717) is 11.1 Å². The predicted octanol–water partition coefficient (Wildman–Crippen LogP) is 0.193. The molecule has 0 aromatic heterocycles. The van der Waals surface area contributed by atoms with Gasteiger partial charge in [-0.25, -0.2) is 18.4 Å². The maximum atomic E-state index is 11.7. The van der Waals surface area contributed by atoms with Crippen LogP contribution in [-0.2, 0) is 14.8 Å². The van der Waals surface area contributed by atoms with E-state index in [1.54, 1.807) is 24.3 Å². The molecule has 4 N–H and O–H groups in total. The van der Waals surface area contributed by atoms with Crippen LogP contribution in [0.15, 0.2) is 30.3 Å². The Morgan fingerprint density at radius 1 is 1.24 bits per heavy atom. The Kier molecular flexibility index (Phi) is 6.07. The molecule has 0 aliphatic carbocycles. The molecule has 21 heavy (non-hydrogen) atoms. The van der Waals surface area contributed by atoms with Gasteiger partial charge in [0.2, 0.25) is 10.0 Å². The number of rotatable bonds is 7. The number of amides is 1. The summed E-state index contributed by atoms with van der Waals surface area (Å²) < 4.78 is 21.4. The first kappa shape index (κ1) is 16.9. The number of hydrogen-bond acceptors (Lipinski definition) is 4. The van der Waals surface area contributed by atoms with E-state index >= 15 is 0 Å². The zero-order valence-electron chi connectivity index (χ0n) is 11.2. The Balaban J connectivity index is 2.50. The zero-order chi connectivity index (χ0) is 15.9. The number of hydrogen-bond donors (Lipinski definition) is 3. The van der Waals surface area contributed by atoms with Gasteiger partial charge in [0.1, 0.15) is 0 Å². The van der Waals surface area contributed by atoms with Gasteiger partial charge in [0.25, 0.3) is 5.91 Å². The maximum absolute atomic E-state index is 11.7. The highest BCUT2D eigenvalue weighted by Crippen LogP contribution is 2.06. The van der Waals surface area contributed by atoms with Gasteiger partial charge in [-0.2, -0.15) is 0 Å². The molecule has 1 aromatic carbocycles. The molecule has 0 radical (unpaired) electrons. The van der Waals surface area contributed by atoms with Gasteiger partial charge in [-0.3, -0.25) is 4.79 Å². The lowest BCUT2D eigenvalue weighted by atomic mass is 10.1. The number of carboxylic acids is 1. The number of sulfonamides is 1. The summed E-state index contributed by atoms with van der Waals surface area (Å²) in [6.45, 7) is 0.204. The zero-order valence-corrected chi connectivity index (χ0v) is 12.0. The van der Waals surface area contributed by atoms with Crippen molar-refractivity contribution in [1.82, 2.24) is 5.32 Å². The number of carbonyl (C=O) groups is 2. The van der Waals surface area contributed by atoms with Gasteiger partial charge in [-0.05, 0) is 30.2 Å².